The zero-order valence-corrected chi connectivity index (χ0v) is 11.2. The molecule has 3 nitrogen and oxygen atoms in total. The van der Waals surface area contributed by atoms with Crippen molar-refractivity contribution >= 4 is 25.8 Å². The highest BCUT2D eigenvalue weighted by atomic mass is 79.9. The van der Waals surface area contributed by atoms with E-state index in [9.17, 15) is 8.42 Å². The van der Waals surface area contributed by atoms with Gasteiger partial charge in [-0.05, 0) is 24.7 Å². The quantitative estimate of drug-likeness (QED) is 0.628. The van der Waals surface area contributed by atoms with Gasteiger partial charge < -0.3 is 0 Å². The van der Waals surface area contributed by atoms with E-state index in [1.165, 1.54) is 6.26 Å². The molecule has 1 aromatic carbocycles. The molecule has 0 spiro atoms. The van der Waals surface area contributed by atoms with E-state index in [1.807, 2.05) is 19.2 Å². The van der Waals surface area contributed by atoms with E-state index < -0.39 is 9.84 Å². The lowest BCUT2D eigenvalue weighted by atomic mass is 10.2. The number of nitrogens with zero attached hydrogens (tertiary/aromatic N) is 1. The van der Waals surface area contributed by atoms with E-state index in [0.717, 1.165) is 17.6 Å². The minimum Gasteiger partial charge on any atom is -0.292 e. The molecule has 0 unspecified atom stereocenters. The van der Waals surface area contributed by atoms with Crippen LogP contribution in [0.3, 0.4) is 0 Å². The van der Waals surface area contributed by atoms with Gasteiger partial charge in [0.15, 0.2) is 9.84 Å². The topological polar surface area (TPSA) is 37.4 Å². The summed E-state index contributed by atoms with van der Waals surface area (Å²) in [5, 5.41) is 0. The Balaban J connectivity index is 2.82. The van der Waals surface area contributed by atoms with Crippen LogP contribution in [-0.4, -0.2) is 32.1 Å². The van der Waals surface area contributed by atoms with Crippen molar-refractivity contribution in [3.05, 3.63) is 29.8 Å². The Morgan fingerprint density at radius 2 is 1.80 bits per heavy atom. The normalized spacial score (nSPS) is 12.0. The van der Waals surface area contributed by atoms with Crippen molar-refractivity contribution < 1.29 is 8.42 Å². The molecule has 0 atom stereocenters. The lowest BCUT2D eigenvalue weighted by Gasteiger charge is -2.12. The van der Waals surface area contributed by atoms with Gasteiger partial charge in [0.1, 0.15) is 0 Å². The number of alkyl halides is 1. The standard InChI is InChI=1S/C10H14BrNO2S/c1-12(8-11)7-9-3-5-10(6-4-9)15(2,13)14/h3-6H,7-8H2,1-2H3. The van der Waals surface area contributed by atoms with Crippen LogP contribution in [0.2, 0.25) is 0 Å². The fourth-order valence-corrected chi connectivity index (χ4v) is 2.00. The van der Waals surface area contributed by atoms with Gasteiger partial charge in [0.05, 0.1) is 10.3 Å². The molecule has 0 aliphatic heterocycles. The first-order valence-electron chi connectivity index (χ1n) is 4.47. The second-order valence-electron chi connectivity index (χ2n) is 3.55. The van der Waals surface area contributed by atoms with Gasteiger partial charge in [0, 0.05) is 12.8 Å². The summed E-state index contributed by atoms with van der Waals surface area (Å²) in [4.78, 5) is 2.45. The minimum atomic E-state index is -3.08. The van der Waals surface area contributed by atoms with Gasteiger partial charge in [-0.15, -0.1) is 0 Å². The van der Waals surface area contributed by atoms with Gasteiger partial charge >= 0.3 is 0 Å². The van der Waals surface area contributed by atoms with Crippen molar-refractivity contribution in [2.24, 2.45) is 0 Å². The number of halogens is 1. The van der Waals surface area contributed by atoms with E-state index in [-0.39, 0.29) is 0 Å². The van der Waals surface area contributed by atoms with Crippen LogP contribution in [0.15, 0.2) is 29.2 Å². The van der Waals surface area contributed by atoms with Crippen molar-refractivity contribution in [2.45, 2.75) is 11.4 Å². The zero-order valence-electron chi connectivity index (χ0n) is 8.77. The Kier molecular flexibility index (Phi) is 4.31. The summed E-state index contributed by atoms with van der Waals surface area (Å²) in [6.07, 6.45) is 1.21. The van der Waals surface area contributed by atoms with E-state index in [0.29, 0.717) is 4.90 Å². The molecule has 0 aliphatic rings. The predicted octanol–water partition coefficient (Wildman–Crippen LogP) is 1.87. The molecule has 0 aromatic heterocycles. The maximum Gasteiger partial charge on any atom is 0.175 e. The summed E-state index contributed by atoms with van der Waals surface area (Å²) in [6, 6.07) is 6.98. The summed E-state index contributed by atoms with van der Waals surface area (Å²) >= 11 is 3.35. The monoisotopic (exact) mass is 291 g/mol. The largest absolute Gasteiger partial charge is 0.292 e. The third kappa shape index (κ3) is 3.93. The Labute approximate surface area is 99.1 Å². The summed E-state index contributed by atoms with van der Waals surface area (Å²) < 4.78 is 22.4. The van der Waals surface area contributed by atoms with E-state index in [1.54, 1.807) is 12.1 Å². The number of hydrogen-bond acceptors (Lipinski definition) is 3. The first-order valence-corrected chi connectivity index (χ1v) is 7.48. The number of sulfone groups is 1. The molecule has 0 radical (unpaired) electrons. The van der Waals surface area contributed by atoms with Crippen LogP contribution in [0.25, 0.3) is 0 Å². The maximum absolute atomic E-state index is 11.2. The van der Waals surface area contributed by atoms with Gasteiger partial charge in [-0.1, -0.05) is 28.1 Å². The van der Waals surface area contributed by atoms with Crippen molar-refractivity contribution in [3.63, 3.8) is 0 Å². The molecule has 0 aliphatic carbocycles. The van der Waals surface area contributed by atoms with Crippen molar-refractivity contribution in [2.75, 3.05) is 18.8 Å². The predicted molar refractivity (Wildman–Crippen MR) is 64.8 cm³/mol. The Morgan fingerprint density at radius 3 is 2.20 bits per heavy atom. The third-order valence-corrected chi connectivity index (χ3v) is 3.99. The average molecular weight is 292 g/mol. The summed E-state index contributed by atoms with van der Waals surface area (Å²) in [5.74, 6) is 0. The molecule has 5 heteroatoms. The van der Waals surface area contributed by atoms with Crippen LogP contribution < -0.4 is 0 Å². The molecule has 1 rings (SSSR count). The minimum absolute atomic E-state index is 0.368. The molecule has 0 saturated carbocycles. The first-order chi connectivity index (χ1) is 6.93. The van der Waals surface area contributed by atoms with Gasteiger partial charge in [-0.2, -0.15) is 0 Å². The molecule has 0 amide bonds. The SMILES string of the molecule is CN(CBr)Cc1ccc(S(C)(=O)=O)cc1. The fourth-order valence-electron chi connectivity index (χ4n) is 1.20. The molecular formula is C10H14BrNO2S. The first kappa shape index (κ1) is 12.7. The number of hydrogen-bond donors (Lipinski definition) is 0. The highest BCUT2D eigenvalue weighted by Crippen LogP contribution is 2.11. The average Bonchev–Trinajstić information content (AvgIpc) is 2.17. The number of benzene rings is 1. The highest BCUT2D eigenvalue weighted by molar-refractivity contribution is 9.09. The Bertz CT molecular complexity index is 414. The van der Waals surface area contributed by atoms with Crippen molar-refractivity contribution in [1.82, 2.24) is 4.90 Å². The van der Waals surface area contributed by atoms with E-state index >= 15 is 0 Å². The highest BCUT2D eigenvalue weighted by Gasteiger charge is 2.06. The van der Waals surface area contributed by atoms with Gasteiger partial charge in [0.25, 0.3) is 0 Å². The van der Waals surface area contributed by atoms with Crippen LogP contribution in [0.4, 0.5) is 0 Å². The Hall–Kier alpha value is -0.390. The maximum atomic E-state index is 11.2. The lowest BCUT2D eigenvalue weighted by molar-refractivity contribution is 0.390. The fraction of sp³-hybridized carbons (Fsp3) is 0.400. The summed E-state index contributed by atoms with van der Waals surface area (Å²) in [5.41, 5.74) is 1.89. The van der Waals surface area contributed by atoms with Crippen LogP contribution in [0.1, 0.15) is 5.56 Å². The van der Waals surface area contributed by atoms with Gasteiger partial charge in [-0.25, -0.2) is 8.42 Å². The second kappa shape index (κ2) is 5.09. The van der Waals surface area contributed by atoms with E-state index in [2.05, 4.69) is 20.8 Å². The summed E-state index contributed by atoms with van der Waals surface area (Å²) in [6.45, 7) is 0.801. The second-order valence-corrected chi connectivity index (χ2v) is 6.07. The van der Waals surface area contributed by atoms with Crippen molar-refractivity contribution in [1.29, 1.82) is 0 Å². The molecule has 1 aromatic rings. The smallest absolute Gasteiger partial charge is 0.175 e. The molecule has 0 fully saturated rings. The zero-order chi connectivity index (χ0) is 11.5. The van der Waals surface area contributed by atoms with Gasteiger partial charge in [-0.3, -0.25) is 4.90 Å². The van der Waals surface area contributed by atoms with Crippen LogP contribution in [0.5, 0.6) is 0 Å². The third-order valence-electron chi connectivity index (χ3n) is 2.01. The molecule has 0 heterocycles. The molecular weight excluding hydrogens is 278 g/mol. The molecule has 0 bridgehead atoms. The van der Waals surface area contributed by atoms with E-state index in [4.69, 9.17) is 0 Å². The molecule has 0 N–H and O–H groups in total. The lowest BCUT2D eigenvalue weighted by Crippen LogP contribution is -2.14. The molecule has 15 heavy (non-hydrogen) atoms. The molecule has 84 valence electrons. The van der Waals surface area contributed by atoms with Crippen LogP contribution in [-0.2, 0) is 16.4 Å². The summed E-state index contributed by atoms with van der Waals surface area (Å²) in [7, 11) is -1.09. The number of rotatable bonds is 4. The van der Waals surface area contributed by atoms with Crippen LogP contribution >= 0.6 is 15.9 Å². The molecule has 0 saturated heterocycles. The van der Waals surface area contributed by atoms with Crippen LogP contribution in [0, 0.1) is 0 Å². The van der Waals surface area contributed by atoms with Crippen molar-refractivity contribution in [3.8, 4) is 0 Å². The van der Waals surface area contributed by atoms with Gasteiger partial charge in [0.2, 0.25) is 0 Å². The Morgan fingerprint density at radius 1 is 1.27 bits per heavy atom.